The number of aryl methyl sites for hydroxylation is 1. The lowest BCUT2D eigenvalue weighted by Crippen LogP contribution is -2.00. The number of allylic oxidation sites excluding steroid dienone is 1. The third-order valence-electron chi connectivity index (χ3n) is 3.10. The molecule has 2 heterocycles. The molecule has 5 heteroatoms. The fourth-order valence-corrected chi connectivity index (χ4v) is 2.85. The minimum Gasteiger partial charge on any atom is -0.330 e. The monoisotopic (exact) mass is 308 g/mol. The van der Waals surface area contributed by atoms with E-state index in [-0.39, 0.29) is 5.78 Å². The van der Waals surface area contributed by atoms with E-state index in [0.29, 0.717) is 5.15 Å². The van der Waals surface area contributed by atoms with Crippen molar-refractivity contribution in [3.63, 3.8) is 0 Å². The Morgan fingerprint density at radius 1 is 1.55 bits per heavy atom. The van der Waals surface area contributed by atoms with Crippen molar-refractivity contribution in [1.29, 1.82) is 0 Å². The van der Waals surface area contributed by atoms with E-state index in [4.69, 9.17) is 11.6 Å². The van der Waals surface area contributed by atoms with Gasteiger partial charge < -0.3 is 4.57 Å². The van der Waals surface area contributed by atoms with Crippen LogP contribution < -0.4 is 0 Å². The molecule has 0 bridgehead atoms. The van der Waals surface area contributed by atoms with Gasteiger partial charge in [-0.15, -0.1) is 11.3 Å². The number of unbranched alkanes of at least 4 members (excludes halogenated alkanes) is 1. The average molecular weight is 309 g/mol. The summed E-state index contributed by atoms with van der Waals surface area (Å²) in [5.41, 5.74) is 0.780. The van der Waals surface area contributed by atoms with E-state index in [2.05, 4.69) is 11.9 Å². The molecule has 3 nitrogen and oxygen atoms in total. The minimum atomic E-state index is -0.00706. The molecule has 0 aliphatic rings. The normalized spacial score (nSPS) is 11.3. The second-order valence-electron chi connectivity index (χ2n) is 4.54. The summed E-state index contributed by atoms with van der Waals surface area (Å²) in [5, 5.41) is 2.34. The van der Waals surface area contributed by atoms with E-state index in [0.717, 1.165) is 35.7 Å². The summed E-state index contributed by atoms with van der Waals surface area (Å²) in [6, 6.07) is 3.68. The lowest BCUT2D eigenvalue weighted by molar-refractivity contribution is 0.105. The highest BCUT2D eigenvalue weighted by molar-refractivity contribution is 7.12. The van der Waals surface area contributed by atoms with Crippen molar-refractivity contribution in [2.45, 2.75) is 26.2 Å². The third-order valence-corrected chi connectivity index (χ3v) is 4.26. The number of nitrogens with zero attached hydrogens (tertiary/aromatic N) is 2. The molecule has 2 rings (SSSR count). The molecule has 0 amide bonds. The van der Waals surface area contributed by atoms with Gasteiger partial charge >= 0.3 is 0 Å². The SMILES string of the molecule is CCCCc1nc(Cl)c(/C=C/C(=O)c2cccs2)n1C. The molecule has 0 spiro atoms. The molecular weight excluding hydrogens is 292 g/mol. The number of thiophene rings is 1. The van der Waals surface area contributed by atoms with Gasteiger partial charge in [0.25, 0.3) is 0 Å². The van der Waals surface area contributed by atoms with Crippen LogP contribution in [-0.2, 0) is 13.5 Å². The van der Waals surface area contributed by atoms with Gasteiger partial charge in [-0.25, -0.2) is 4.98 Å². The van der Waals surface area contributed by atoms with Crippen LogP contribution in [0.15, 0.2) is 23.6 Å². The molecule has 0 aliphatic carbocycles. The van der Waals surface area contributed by atoms with Crippen LogP contribution in [0.1, 0.15) is 41.0 Å². The number of carbonyl (C=O) groups excluding carboxylic acids is 1. The molecule has 0 saturated carbocycles. The maximum absolute atomic E-state index is 11.9. The molecule has 0 N–H and O–H groups in total. The third kappa shape index (κ3) is 3.38. The first-order valence-electron chi connectivity index (χ1n) is 6.60. The zero-order valence-corrected chi connectivity index (χ0v) is 13.2. The van der Waals surface area contributed by atoms with Crippen molar-refractivity contribution in [2.75, 3.05) is 0 Å². The van der Waals surface area contributed by atoms with Crippen LogP contribution in [0, 0.1) is 0 Å². The van der Waals surface area contributed by atoms with Crippen molar-refractivity contribution in [3.05, 3.63) is 45.1 Å². The largest absolute Gasteiger partial charge is 0.330 e. The highest BCUT2D eigenvalue weighted by atomic mass is 35.5. The van der Waals surface area contributed by atoms with Gasteiger partial charge in [-0.1, -0.05) is 31.0 Å². The van der Waals surface area contributed by atoms with Crippen LogP contribution in [0.4, 0.5) is 0 Å². The first kappa shape index (κ1) is 15.0. The van der Waals surface area contributed by atoms with Gasteiger partial charge in [0.15, 0.2) is 10.9 Å². The van der Waals surface area contributed by atoms with Gasteiger partial charge in [-0.05, 0) is 30.0 Å². The van der Waals surface area contributed by atoms with Crippen LogP contribution in [0.25, 0.3) is 6.08 Å². The van der Waals surface area contributed by atoms with Gasteiger partial charge in [-0.3, -0.25) is 4.79 Å². The molecule has 0 fully saturated rings. The average Bonchev–Trinajstić information content (AvgIpc) is 3.04. The molecule has 0 aromatic carbocycles. The smallest absolute Gasteiger partial charge is 0.195 e. The van der Waals surface area contributed by atoms with E-state index in [9.17, 15) is 4.79 Å². The predicted molar refractivity (Wildman–Crippen MR) is 84.5 cm³/mol. The number of halogens is 1. The summed E-state index contributed by atoms with van der Waals surface area (Å²) in [7, 11) is 1.93. The van der Waals surface area contributed by atoms with Crippen LogP contribution in [0.3, 0.4) is 0 Å². The van der Waals surface area contributed by atoms with E-state index in [1.54, 1.807) is 12.2 Å². The second kappa shape index (κ2) is 6.86. The van der Waals surface area contributed by atoms with Crippen molar-refractivity contribution in [3.8, 4) is 0 Å². The summed E-state index contributed by atoms with van der Waals surface area (Å²) < 4.78 is 1.95. The zero-order chi connectivity index (χ0) is 14.5. The molecule has 2 aromatic rings. The Morgan fingerprint density at radius 3 is 3.00 bits per heavy atom. The van der Waals surface area contributed by atoms with Gasteiger partial charge in [0.05, 0.1) is 10.6 Å². The highest BCUT2D eigenvalue weighted by Crippen LogP contribution is 2.20. The van der Waals surface area contributed by atoms with E-state index in [1.165, 1.54) is 11.3 Å². The lowest BCUT2D eigenvalue weighted by Gasteiger charge is -2.01. The Bertz CT molecular complexity index is 614. The number of carbonyl (C=O) groups is 1. The maximum Gasteiger partial charge on any atom is 0.195 e. The summed E-state index contributed by atoms with van der Waals surface area (Å²) >= 11 is 7.58. The molecule has 0 saturated heterocycles. The standard InChI is InChI=1S/C15H17ClN2OS/c1-3-4-7-14-17-15(16)11(18(14)2)8-9-12(19)13-6-5-10-20-13/h5-6,8-10H,3-4,7H2,1-2H3/b9-8+. The summed E-state index contributed by atoms with van der Waals surface area (Å²) in [5.74, 6) is 0.951. The van der Waals surface area contributed by atoms with Crippen LogP contribution in [0.2, 0.25) is 5.15 Å². The first-order chi connectivity index (χ1) is 9.63. The Labute approximate surface area is 127 Å². The first-order valence-corrected chi connectivity index (χ1v) is 7.86. The second-order valence-corrected chi connectivity index (χ2v) is 5.85. The van der Waals surface area contributed by atoms with Crippen LogP contribution >= 0.6 is 22.9 Å². The molecule has 106 valence electrons. The molecule has 0 aliphatic heterocycles. The zero-order valence-electron chi connectivity index (χ0n) is 11.6. The number of imidazole rings is 1. The fourth-order valence-electron chi connectivity index (χ4n) is 1.92. The number of aromatic nitrogens is 2. The van der Waals surface area contributed by atoms with Gasteiger partial charge in [-0.2, -0.15) is 0 Å². The molecule has 0 unspecified atom stereocenters. The Balaban J connectivity index is 2.17. The lowest BCUT2D eigenvalue weighted by atomic mass is 10.2. The van der Waals surface area contributed by atoms with Crippen LogP contribution in [0.5, 0.6) is 0 Å². The molecule has 2 aromatic heterocycles. The van der Waals surface area contributed by atoms with Crippen molar-refractivity contribution >= 4 is 34.8 Å². The van der Waals surface area contributed by atoms with Gasteiger partial charge in [0.2, 0.25) is 0 Å². The maximum atomic E-state index is 11.9. The molecule has 20 heavy (non-hydrogen) atoms. The Hall–Kier alpha value is -1.39. The van der Waals surface area contributed by atoms with Gasteiger partial charge in [0.1, 0.15) is 5.82 Å². The fraction of sp³-hybridized carbons (Fsp3) is 0.333. The number of rotatable bonds is 6. The van der Waals surface area contributed by atoms with Crippen molar-refractivity contribution in [2.24, 2.45) is 7.05 Å². The minimum absolute atomic E-state index is 0.00706. The highest BCUT2D eigenvalue weighted by Gasteiger charge is 2.11. The van der Waals surface area contributed by atoms with E-state index >= 15 is 0 Å². The van der Waals surface area contributed by atoms with E-state index in [1.807, 2.05) is 29.1 Å². The topological polar surface area (TPSA) is 34.9 Å². The van der Waals surface area contributed by atoms with Gasteiger partial charge in [0, 0.05) is 13.5 Å². The summed E-state index contributed by atoms with van der Waals surface area (Å²) in [6.45, 7) is 2.14. The van der Waals surface area contributed by atoms with E-state index < -0.39 is 0 Å². The Morgan fingerprint density at radius 2 is 2.35 bits per heavy atom. The summed E-state index contributed by atoms with van der Waals surface area (Å²) in [6.07, 6.45) is 6.40. The number of ketones is 1. The predicted octanol–water partition coefficient (Wildman–Crippen LogP) is 4.37. The van der Waals surface area contributed by atoms with Crippen molar-refractivity contribution < 1.29 is 4.79 Å². The Kier molecular flexibility index (Phi) is 5.15. The molecule has 0 atom stereocenters. The molecular formula is C15H17ClN2OS. The quantitative estimate of drug-likeness (QED) is 0.586. The summed E-state index contributed by atoms with van der Waals surface area (Å²) in [4.78, 5) is 17.0. The number of hydrogen-bond donors (Lipinski definition) is 0. The van der Waals surface area contributed by atoms with Crippen molar-refractivity contribution in [1.82, 2.24) is 9.55 Å². The van der Waals surface area contributed by atoms with Crippen LogP contribution in [-0.4, -0.2) is 15.3 Å². The number of hydrogen-bond acceptors (Lipinski definition) is 3. The molecule has 0 radical (unpaired) electrons.